The van der Waals surface area contributed by atoms with E-state index in [-0.39, 0.29) is 29.8 Å². The molecule has 47 heavy (non-hydrogen) atoms. The van der Waals surface area contributed by atoms with E-state index >= 15 is 0 Å². The minimum Gasteiger partial charge on any atom is -0.487 e. The average molecular weight is 676 g/mol. The van der Waals surface area contributed by atoms with E-state index < -0.39 is 11.8 Å². The normalized spacial score (nSPS) is 13.1. The number of benzene rings is 2. The highest BCUT2D eigenvalue weighted by molar-refractivity contribution is 6.38. The van der Waals surface area contributed by atoms with E-state index in [1.807, 2.05) is 19.1 Å². The van der Waals surface area contributed by atoms with E-state index in [0.717, 1.165) is 35.4 Å². The Kier molecular flexibility index (Phi) is 11.0. The Balaban J connectivity index is 1.25. The lowest BCUT2D eigenvalue weighted by atomic mass is 10.1. The molecule has 3 heterocycles. The first kappa shape index (κ1) is 33.7. The highest BCUT2D eigenvalue weighted by Crippen LogP contribution is 2.37. The monoisotopic (exact) mass is 674 g/mol. The number of hydrogen-bond donors (Lipinski definition) is 2. The van der Waals surface area contributed by atoms with Crippen molar-refractivity contribution < 1.29 is 19.1 Å². The number of piperidine rings is 1. The Hall–Kier alpha value is -4.67. The zero-order valence-corrected chi connectivity index (χ0v) is 28.0. The van der Waals surface area contributed by atoms with E-state index in [4.69, 9.17) is 32.9 Å². The first-order valence-corrected chi connectivity index (χ1v) is 16.1. The Bertz CT molecular complexity index is 1820. The second kappa shape index (κ2) is 15.3. The number of likely N-dealkylation sites (N-methyl/N-ethyl adjacent to an activating group) is 1. The summed E-state index contributed by atoms with van der Waals surface area (Å²) in [5.41, 5.74) is 4.66. The van der Waals surface area contributed by atoms with E-state index in [2.05, 4.69) is 32.7 Å². The maximum Gasteiger partial charge on any atom is 0.269 e. The van der Waals surface area contributed by atoms with Crippen molar-refractivity contribution in [1.29, 1.82) is 0 Å². The van der Waals surface area contributed by atoms with Gasteiger partial charge in [-0.15, -0.1) is 0 Å². The Morgan fingerprint density at radius 1 is 1.06 bits per heavy atom. The summed E-state index contributed by atoms with van der Waals surface area (Å²) in [6.45, 7) is 3.81. The van der Waals surface area contributed by atoms with Crippen LogP contribution < -0.4 is 25.2 Å². The summed E-state index contributed by atoms with van der Waals surface area (Å²) in [7, 11) is 3.09. The molecule has 1 saturated heterocycles. The quantitative estimate of drug-likeness (QED) is 0.199. The minimum atomic E-state index is -0.471. The fourth-order valence-electron chi connectivity index (χ4n) is 5.38. The van der Waals surface area contributed by atoms with E-state index in [0.29, 0.717) is 27.6 Å². The number of ether oxygens (including phenoxy) is 1. The third-order valence-corrected chi connectivity index (χ3v) is 8.74. The number of para-hydroxylation sites is 1. The van der Waals surface area contributed by atoms with Gasteiger partial charge in [-0.3, -0.25) is 19.4 Å². The molecule has 2 aromatic carbocycles. The van der Waals surface area contributed by atoms with Gasteiger partial charge in [-0.2, -0.15) is 0 Å². The number of aryl methyl sites for hydroxylation is 1. The summed E-state index contributed by atoms with van der Waals surface area (Å²) < 4.78 is 6.28. The summed E-state index contributed by atoms with van der Waals surface area (Å²) in [6, 6.07) is 14.6. The lowest BCUT2D eigenvalue weighted by molar-refractivity contribution is -0.122. The van der Waals surface area contributed by atoms with Crippen molar-refractivity contribution in [2.45, 2.75) is 32.8 Å². The summed E-state index contributed by atoms with van der Waals surface area (Å²) in [6.07, 6.45) is 7.88. The smallest absolute Gasteiger partial charge is 0.269 e. The lowest BCUT2D eigenvalue weighted by Crippen LogP contribution is -2.37. The predicted octanol–water partition coefficient (Wildman–Crippen LogP) is 5.97. The zero-order valence-electron chi connectivity index (χ0n) is 26.5. The molecule has 10 nitrogen and oxygen atoms in total. The SMILES string of the molecule is CNC(=O)c1ccc(C=CC(=O)NCC(=O)N(C)c2ccc(Cl)c(COc3cccc4c(N5CCCCC5)cc(C)nc34)c2Cl)cn1. The molecule has 2 aromatic heterocycles. The van der Waals surface area contributed by atoms with Gasteiger partial charge in [0.05, 0.1) is 17.3 Å². The summed E-state index contributed by atoms with van der Waals surface area (Å²) in [5.74, 6) is -0.556. The van der Waals surface area contributed by atoms with E-state index in [1.54, 1.807) is 31.3 Å². The van der Waals surface area contributed by atoms with Gasteiger partial charge >= 0.3 is 0 Å². The van der Waals surface area contributed by atoms with Crippen molar-refractivity contribution in [3.05, 3.63) is 93.4 Å². The number of hydrogen-bond acceptors (Lipinski definition) is 7. The molecule has 2 N–H and O–H groups in total. The highest BCUT2D eigenvalue weighted by atomic mass is 35.5. The van der Waals surface area contributed by atoms with Crippen LogP contribution in [0.3, 0.4) is 0 Å². The lowest BCUT2D eigenvalue weighted by Gasteiger charge is -2.30. The molecule has 4 aromatic rings. The van der Waals surface area contributed by atoms with Crippen molar-refractivity contribution in [1.82, 2.24) is 20.6 Å². The van der Waals surface area contributed by atoms with Crippen LogP contribution in [0, 0.1) is 6.92 Å². The van der Waals surface area contributed by atoms with Crippen molar-refractivity contribution in [2.75, 3.05) is 43.5 Å². The molecule has 5 rings (SSSR count). The molecule has 1 aliphatic rings. The number of nitrogens with one attached hydrogen (secondary N) is 2. The number of aromatic nitrogens is 2. The molecule has 12 heteroatoms. The third kappa shape index (κ3) is 8.01. The first-order valence-electron chi connectivity index (χ1n) is 15.3. The van der Waals surface area contributed by atoms with E-state index in [1.165, 1.54) is 49.6 Å². The average Bonchev–Trinajstić information content (AvgIpc) is 3.09. The molecule has 0 spiro atoms. The van der Waals surface area contributed by atoms with Crippen molar-refractivity contribution >= 4 is 69.3 Å². The number of amides is 3. The zero-order chi connectivity index (χ0) is 33.5. The van der Waals surface area contributed by atoms with E-state index in [9.17, 15) is 14.4 Å². The number of rotatable bonds is 10. The molecule has 0 saturated carbocycles. The molecule has 0 bridgehead atoms. The van der Waals surface area contributed by atoms with Crippen LogP contribution in [0.2, 0.25) is 10.0 Å². The number of nitrogens with zero attached hydrogens (tertiary/aromatic N) is 4. The van der Waals surface area contributed by atoms with Crippen molar-refractivity contribution in [3.63, 3.8) is 0 Å². The Morgan fingerprint density at radius 3 is 2.57 bits per heavy atom. The van der Waals surface area contributed by atoms with Gasteiger partial charge in [0.15, 0.2) is 0 Å². The number of pyridine rings is 2. The van der Waals surface area contributed by atoms with Gasteiger partial charge in [-0.1, -0.05) is 41.4 Å². The second-order valence-corrected chi connectivity index (χ2v) is 12.0. The number of fused-ring (bicyclic) bond motifs is 1. The number of anilines is 2. The Morgan fingerprint density at radius 2 is 1.85 bits per heavy atom. The topological polar surface area (TPSA) is 117 Å². The third-order valence-electron chi connectivity index (χ3n) is 7.97. The number of carbonyl (C=O) groups is 3. The maximum absolute atomic E-state index is 13.0. The molecule has 0 radical (unpaired) electrons. The maximum atomic E-state index is 13.0. The molecule has 0 atom stereocenters. The van der Waals surface area contributed by atoms with Crippen LogP contribution in [0.15, 0.2) is 60.8 Å². The van der Waals surface area contributed by atoms with Gasteiger partial charge in [-0.05, 0) is 68.2 Å². The largest absolute Gasteiger partial charge is 0.487 e. The predicted molar refractivity (Wildman–Crippen MR) is 186 cm³/mol. The van der Waals surface area contributed by atoms with Gasteiger partial charge in [0, 0.05) is 66.8 Å². The molecule has 3 amide bonds. The molecule has 0 aliphatic carbocycles. The van der Waals surface area contributed by atoms with Gasteiger partial charge < -0.3 is 25.2 Å². The molecule has 0 unspecified atom stereocenters. The van der Waals surface area contributed by atoms with Crippen molar-refractivity contribution in [3.8, 4) is 5.75 Å². The van der Waals surface area contributed by atoms with Gasteiger partial charge in [0.25, 0.3) is 5.91 Å². The van der Waals surface area contributed by atoms with Gasteiger partial charge in [-0.25, -0.2) is 4.98 Å². The highest BCUT2D eigenvalue weighted by Gasteiger charge is 2.21. The summed E-state index contributed by atoms with van der Waals surface area (Å²) in [5, 5.41) is 6.77. The summed E-state index contributed by atoms with van der Waals surface area (Å²) >= 11 is 13.4. The van der Waals surface area contributed by atoms with Crippen LogP contribution in [0.1, 0.15) is 46.6 Å². The van der Waals surface area contributed by atoms with Crippen molar-refractivity contribution in [2.24, 2.45) is 0 Å². The van der Waals surface area contributed by atoms with Crippen LogP contribution in [-0.2, 0) is 16.2 Å². The molecular formula is C35H36Cl2N6O4. The molecule has 244 valence electrons. The fraction of sp³-hybridized carbons (Fsp3) is 0.286. The van der Waals surface area contributed by atoms with Gasteiger partial charge in [0.1, 0.15) is 23.6 Å². The number of carbonyl (C=O) groups excluding carboxylic acids is 3. The van der Waals surface area contributed by atoms with Crippen LogP contribution in [-0.4, -0.2) is 61.4 Å². The van der Waals surface area contributed by atoms with Gasteiger partial charge in [0.2, 0.25) is 11.8 Å². The summed E-state index contributed by atoms with van der Waals surface area (Å²) in [4.78, 5) is 49.7. The Labute approximate surface area is 283 Å². The minimum absolute atomic E-state index is 0.0573. The molecule has 1 aliphatic heterocycles. The van der Waals surface area contributed by atoms with Crippen LogP contribution >= 0.6 is 23.2 Å². The van der Waals surface area contributed by atoms with Crippen LogP contribution in [0.5, 0.6) is 5.75 Å². The first-order chi connectivity index (χ1) is 22.7. The molecule has 1 fully saturated rings. The molecular weight excluding hydrogens is 639 g/mol. The standard InChI is InChI=1S/C35H36Cl2N6O4/c1-22-18-29(43-16-5-4-6-17-43)24-8-7-9-30(34(24)41-22)47-21-25-26(36)12-14-28(33(25)37)42(3)32(45)20-40-31(44)15-11-23-10-13-27(39-19-23)35(46)38-2/h7-15,18-19H,4-6,16-17,20-21H2,1-3H3,(H,38,46)(H,40,44). The van der Waals surface area contributed by atoms with Crippen LogP contribution in [0.25, 0.3) is 17.0 Å². The number of halogens is 2. The fourth-order valence-corrected chi connectivity index (χ4v) is 5.99. The second-order valence-electron chi connectivity index (χ2n) is 11.2. The van der Waals surface area contributed by atoms with Crippen LogP contribution in [0.4, 0.5) is 11.4 Å².